The molecule has 3 fully saturated rings. The minimum absolute atomic E-state index is 0.111. The van der Waals surface area contributed by atoms with Crippen molar-refractivity contribution in [3.63, 3.8) is 0 Å². The highest BCUT2D eigenvalue weighted by Gasteiger charge is 2.61. The van der Waals surface area contributed by atoms with Crippen LogP contribution in [0.25, 0.3) is 0 Å². The van der Waals surface area contributed by atoms with Crippen LogP contribution in [0.5, 0.6) is 0 Å². The first-order chi connectivity index (χ1) is 12.7. The van der Waals surface area contributed by atoms with E-state index in [2.05, 4.69) is 29.2 Å². The van der Waals surface area contributed by atoms with Crippen LogP contribution in [0.4, 0.5) is 0 Å². The molecule has 2 amide bonds. The monoisotopic (exact) mass is 355 g/mol. The molecule has 2 atom stereocenters. The van der Waals surface area contributed by atoms with Gasteiger partial charge in [0.05, 0.1) is 25.6 Å². The molecule has 4 aliphatic heterocycles. The van der Waals surface area contributed by atoms with Gasteiger partial charge in [0.15, 0.2) is 5.72 Å². The SMILES string of the molecule is O=C(CN1CCc2ccccc2C1)N1CC[C@@]23OCCCN2C(=O)C[C@@H]13. The molecule has 26 heavy (non-hydrogen) atoms. The van der Waals surface area contributed by atoms with Gasteiger partial charge in [-0.05, 0) is 24.0 Å². The number of likely N-dealkylation sites (tertiary alicyclic amines) is 1. The third-order valence-electron chi connectivity index (χ3n) is 6.50. The molecular weight excluding hydrogens is 330 g/mol. The predicted octanol–water partition coefficient (Wildman–Crippen LogP) is 0.995. The zero-order valence-electron chi connectivity index (χ0n) is 15.0. The van der Waals surface area contributed by atoms with Gasteiger partial charge in [-0.2, -0.15) is 0 Å². The van der Waals surface area contributed by atoms with Gasteiger partial charge in [-0.3, -0.25) is 14.5 Å². The molecule has 4 aliphatic rings. The summed E-state index contributed by atoms with van der Waals surface area (Å²) in [7, 11) is 0. The molecule has 3 saturated heterocycles. The summed E-state index contributed by atoms with van der Waals surface area (Å²) in [6.45, 7) is 4.30. The van der Waals surface area contributed by atoms with Crippen molar-refractivity contribution in [3.8, 4) is 0 Å². The van der Waals surface area contributed by atoms with E-state index in [4.69, 9.17) is 4.74 Å². The molecule has 4 heterocycles. The summed E-state index contributed by atoms with van der Waals surface area (Å²) in [5, 5.41) is 0. The van der Waals surface area contributed by atoms with Gasteiger partial charge in [0.2, 0.25) is 11.8 Å². The van der Waals surface area contributed by atoms with Crippen LogP contribution < -0.4 is 0 Å². The molecule has 0 unspecified atom stereocenters. The van der Waals surface area contributed by atoms with Crippen molar-refractivity contribution in [1.82, 2.24) is 14.7 Å². The smallest absolute Gasteiger partial charge is 0.237 e. The van der Waals surface area contributed by atoms with Crippen molar-refractivity contribution in [2.45, 2.75) is 44.0 Å². The van der Waals surface area contributed by atoms with E-state index in [0.717, 1.165) is 38.9 Å². The summed E-state index contributed by atoms with van der Waals surface area (Å²) in [6, 6.07) is 8.36. The second-order valence-corrected chi connectivity index (χ2v) is 7.88. The molecule has 1 spiro atoms. The summed E-state index contributed by atoms with van der Waals surface area (Å²) in [4.78, 5) is 31.5. The van der Waals surface area contributed by atoms with Crippen LogP contribution >= 0.6 is 0 Å². The molecule has 6 heteroatoms. The molecule has 0 N–H and O–H groups in total. The molecule has 6 nitrogen and oxygen atoms in total. The molecule has 1 aromatic rings. The fraction of sp³-hybridized carbons (Fsp3) is 0.600. The van der Waals surface area contributed by atoms with E-state index in [1.807, 2.05) is 9.80 Å². The number of fused-ring (bicyclic) bond motifs is 1. The minimum atomic E-state index is -0.542. The average molecular weight is 355 g/mol. The van der Waals surface area contributed by atoms with Gasteiger partial charge >= 0.3 is 0 Å². The van der Waals surface area contributed by atoms with Crippen molar-refractivity contribution in [3.05, 3.63) is 35.4 Å². The summed E-state index contributed by atoms with van der Waals surface area (Å²) in [6.07, 6.45) is 3.04. The highest BCUT2D eigenvalue weighted by atomic mass is 16.5. The lowest BCUT2D eigenvalue weighted by Crippen LogP contribution is -2.57. The first-order valence-electron chi connectivity index (χ1n) is 9.70. The normalized spacial score (nSPS) is 30.9. The van der Waals surface area contributed by atoms with Crippen molar-refractivity contribution >= 4 is 11.8 Å². The van der Waals surface area contributed by atoms with E-state index in [-0.39, 0.29) is 17.9 Å². The standard InChI is InChI=1S/C20H25N3O3/c24-18-12-17-20(23(18)8-3-11-26-20)7-10-22(17)19(25)14-21-9-6-15-4-1-2-5-16(15)13-21/h1-2,4-5,17H,3,6-14H2/t17-,20+/m1/s1. The van der Waals surface area contributed by atoms with E-state index in [1.54, 1.807) is 0 Å². The Morgan fingerprint density at radius 2 is 2.04 bits per heavy atom. The van der Waals surface area contributed by atoms with E-state index in [0.29, 0.717) is 26.1 Å². The maximum atomic E-state index is 13.0. The highest BCUT2D eigenvalue weighted by Crippen LogP contribution is 2.44. The molecule has 0 saturated carbocycles. The van der Waals surface area contributed by atoms with E-state index >= 15 is 0 Å². The van der Waals surface area contributed by atoms with Crippen molar-refractivity contribution < 1.29 is 14.3 Å². The van der Waals surface area contributed by atoms with Gasteiger partial charge in [0.1, 0.15) is 0 Å². The first kappa shape index (κ1) is 16.3. The minimum Gasteiger partial charge on any atom is -0.353 e. The molecule has 0 aliphatic carbocycles. The van der Waals surface area contributed by atoms with Gasteiger partial charge < -0.3 is 14.5 Å². The first-order valence-corrected chi connectivity index (χ1v) is 9.70. The van der Waals surface area contributed by atoms with Gasteiger partial charge in [-0.1, -0.05) is 24.3 Å². The Balaban J connectivity index is 1.29. The van der Waals surface area contributed by atoms with Crippen LogP contribution in [0.15, 0.2) is 24.3 Å². The number of hydrogen-bond donors (Lipinski definition) is 0. The maximum absolute atomic E-state index is 13.0. The third kappa shape index (κ3) is 2.39. The lowest BCUT2D eigenvalue weighted by Gasteiger charge is -2.42. The Morgan fingerprint density at radius 3 is 2.92 bits per heavy atom. The Kier molecular flexibility index (Phi) is 3.79. The topological polar surface area (TPSA) is 53.1 Å². The summed E-state index contributed by atoms with van der Waals surface area (Å²) >= 11 is 0. The van der Waals surface area contributed by atoms with Gasteiger partial charge in [0.25, 0.3) is 0 Å². The third-order valence-corrected chi connectivity index (χ3v) is 6.50. The van der Waals surface area contributed by atoms with Crippen molar-refractivity contribution in [1.29, 1.82) is 0 Å². The van der Waals surface area contributed by atoms with Crippen LogP contribution in [0.1, 0.15) is 30.4 Å². The van der Waals surface area contributed by atoms with Gasteiger partial charge in [-0.15, -0.1) is 0 Å². The molecule has 1 aromatic carbocycles. The Morgan fingerprint density at radius 1 is 1.19 bits per heavy atom. The summed E-state index contributed by atoms with van der Waals surface area (Å²) < 4.78 is 6.10. The van der Waals surface area contributed by atoms with Gasteiger partial charge in [0, 0.05) is 32.6 Å². The number of hydrogen-bond acceptors (Lipinski definition) is 4. The summed E-state index contributed by atoms with van der Waals surface area (Å²) in [5.74, 6) is 0.272. The zero-order chi connectivity index (χ0) is 17.7. The average Bonchev–Trinajstić information content (AvgIpc) is 3.14. The lowest BCUT2D eigenvalue weighted by atomic mass is 10.00. The van der Waals surface area contributed by atoms with Crippen LogP contribution in [0, 0.1) is 0 Å². The fourth-order valence-electron chi connectivity index (χ4n) is 5.22. The molecule has 0 aromatic heterocycles. The fourth-order valence-corrected chi connectivity index (χ4v) is 5.22. The number of carbonyl (C=O) groups excluding carboxylic acids is 2. The summed E-state index contributed by atoms with van der Waals surface area (Å²) in [5.41, 5.74) is 2.17. The van der Waals surface area contributed by atoms with E-state index in [1.165, 1.54) is 11.1 Å². The molecule has 5 rings (SSSR count). The van der Waals surface area contributed by atoms with Crippen LogP contribution in [0.3, 0.4) is 0 Å². The zero-order valence-corrected chi connectivity index (χ0v) is 15.0. The Hall–Kier alpha value is -1.92. The van der Waals surface area contributed by atoms with E-state index in [9.17, 15) is 9.59 Å². The molecule has 138 valence electrons. The van der Waals surface area contributed by atoms with Gasteiger partial charge in [-0.25, -0.2) is 0 Å². The van der Waals surface area contributed by atoms with Crippen LogP contribution in [-0.4, -0.2) is 71.1 Å². The Bertz CT molecular complexity index is 752. The molecular formula is C20H25N3O3. The predicted molar refractivity (Wildman–Crippen MR) is 95.2 cm³/mol. The number of amides is 2. The van der Waals surface area contributed by atoms with E-state index < -0.39 is 5.72 Å². The number of nitrogens with zero attached hydrogens (tertiary/aromatic N) is 3. The number of carbonyl (C=O) groups is 2. The van der Waals surface area contributed by atoms with Crippen LogP contribution in [-0.2, 0) is 27.3 Å². The lowest BCUT2D eigenvalue weighted by molar-refractivity contribution is -0.181. The second-order valence-electron chi connectivity index (χ2n) is 7.88. The Labute approximate surface area is 153 Å². The molecule has 0 radical (unpaired) electrons. The maximum Gasteiger partial charge on any atom is 0.237 e. The quantitative estimate of drug-likeness (QED) is 0.794. The van der Waals surface area contributed by atoms with Crippen molar-refractivity contribution in [2.24, 2.45) is 0 Å². The van der Waals surface area contributed by atoms with Crippen LogP contribution in [0.2, 0.25) is 0 Å². The number of ether oxygens (including phenoxy) is 1. The second kappa shape index (κ2) is 6.06. The number of rotatable bonds is 2. The number of benzene rings is 1. The highest BCUT2D eigenvalue weighted by molar-refractivity contribution is 5.85. The van der Waals surface area contributed by atoms with Crippen molar-refractivity contribution in [2.75, 3.05) is 32.8 Å². The largest absolute Gasteiger partial charge is 0.353 e. The molecule has 0 bridgehead atoms.